The van der Waals surface area contributed by atoms with Crippen molar-refractivity contribution >= 4 is 5.91 Å². The minimum absolute atomic E-state index is 0.258. The molecule has 0 aliphatic rings. The Hall–Kier alpha value is -3.35. The number of hydrogen-bond acceptors (Lipinski definition) is 5. The molecule has 7 nitrogen and oxygen atoms in total. The Morgan fingerprint density at radius 3 is 2.52 bits per heavy atom. The fourth-order valence-corrected chi connectivity index (χ4v) is 2.63. The first-order valence-corrected chi connectivity index (χ1v) is 8.51. The summed E-state index contributed by atoms with van der Waals surface area (Å²) in [4.78, 5) is 12.4. The number of amides is 1. The van der Waals surface area contributed by atoms with Crippen LogP contribution < -0.4 is 14.8 Å². The van der Waals surface area contributed by atoms with Crippen molar-refractivity contribution in [2.45, 2.75) is 20.4 Å². The molecular formula is C20H22N4O3. The molecule has 27 heavy (non-hydrogen) atoms. The molecule has 3 rings (SSSR count). The first-order chi connectivity index (χ1) is 13.0. The van der Waals surface area contributed by atoms with E-state index in [1.807, 2.05) is 44.2 Å². The molecule has 1 amide bonds. The summed E-state index contributed by atoms with van der Waals surface area (Å²) in [5, 5.41) is 10.9. The molecule has 0 saturated heterocycles. The monoisotopic (exact) mass is 366 g/mol. The summed E-state index contributed by atoms with van der Waals surface area (Å²) in [5.74, 6) is 0.966. The Morgan fingerprint density at radius 2 is 1.81 bits per heavy atom. The Balaban J connectivity index is 1.68. The highest BCUT2D eigenvalue weighted by Gasteiger charge is 2.12. The standard InChI is InChI=1S/C20H22N4O3/c1-13-5-7-16(9-14(13)2)24-12-17(22-23-24)20(25)21-11-15-6-8-18(26-3)19(10-15)27-4/h5-10,12H,11H2,1-4H3,(H,21,25). The van der Waals surface area contributed by atoms with E-state index < -0.39 is 0 Å². The van der Waals surface area contributed by atoms with Crippen molar-refractivity contribution < 1.29 is 14.3 Å². The molecule has 0 unspecified atom stereocenters. The van der Waals surface area contributed by atoms with Crippen molar-refractivity contribution in [2.24, 2.45) is 0 Å². The summed E-state index contributed by atoms with van der Waals surface area (Å²) in [6, 6.07) is 11.5. The molecule has 3 aromatic rings. The van der Waals surface area contributed by atoms with E-state index in [-0.39, 0.29) is 11.6 Å². The van der Waals surface area contributed by atoms with Gasteiger partial charge in [-0.2, -0.15) is 0 Å². The third kappa shape index (κ3) is 4.08. The molecule has 0 radical (unpaired) electrons. The number of benzene rings is 2. The summed E-state index contributed by atoms with van der Waals surface area (Å²) in [7, 11) is 3.16. The van der Waals surface area contributed by atoms with Crippen LogP contribution in [0.5, 0.6) is 11.5 Å². The van der Waals surface area contributed by atoms with E-state index in [0.29, 0.717) is 18.0 Å². The maximum Gasteiger partial charge on any atom is 0.273 e. The number of ether oxygens (including phenoxy) is 2. The van der Waals surface area contributed by atoms with Gasteiger partial charge in [0.15, 0.2) is 17.2 Å². The maximum atomic E-state index is 12.4. The summed E-state index contributed by atoms with van der Waals surface area (Å²) in [6.07, 6.45) is 1.62. The van der Waals surface area contributed by atoms with Gasteiger partial charge in [0, 0.05) is 6.54 Å². The third-order valence-electron chi connectivity index (χ3n) is 4.38. The van der Waals surface area contributed by atoms with Crippen molar-refractivity contribution in [1.82, 2.24) is 20.3 Å². The molecule has 0 aliphatic carbocycles. The van der Waals surface area contributed by atoms with Crippen LogP contribution in [-0.4, -0.2) is 35.1 Å². The summed E-state index contributed by atoms with van der Waals surface area (Å²) >= 11 is 0. The zero-order valence-electron chi connectivity index (χ0n) is 15.8. The van der Waals surface area contributed by atoms with Gasteiger partial charge in [-0.1, -0.05) is 17.3 Å². The highest BCUT2D eigenvalue weighted by atomic mass is 16.5. The van der Waals surface area contributed by atoms with Gasteiger partial charge < -0.3 is 14.8 Å². The highest BCUT2D eigenvalue weighted by Crippen LogP contribution is 2.27. The zero-order chi connectivity index (χ0) is 19.4. The molecule has 0 saturated carbocycles. The molecule has 2 aromatic carbocycles. The SMILES string of the molecule is COc1ccc(CNC(=O)c2cn(-c3ccc(C)c(C)c3)nn2)cc1OC. The second kappa shape index (κ2) is 7.90. The number of hydrogen-bond donors (Lipinski definition) is 1. The lowest BCUT2D eigenvalue weighted by atomic mass is 10.1. The molecule has 7 heteroatoms. The van der Waals surface area contributed by atoms with Gasteiger partial charge >= 0.3 is 0 Å². The lowest BCUT2D eigenvalue weighted by Gasteiger charge is -2.09. The van der Waals surface area contributed by atoms with E-state index in [9.17, 15) is 4.79 Å². The van der Waals surface area contributed by atoms with Crippen molar-refractivity contribution in [2.75, 3.05) is 14.2 Å². The van der Waals surface area contributed by atoms with Crippen LogP contribution in [0.1, 0.15) is 27.2 Å². The second-order valence-electron chi connectivity index (χ2n) is 6.19. The van der Waals surface area contributed by atoms with Gasteiger partial charge in [0.2, 0.25) is 0 Å². The summed E-state index contributed by atoms with van der Waals surface area (Å²) in [5.41, 5.74) is 4.37. The van der Waals surface area contributed by atoms with Crippen molar-refractivity contribution in [3.05, 3.63) is 65.0 Å². The van der Waals surface area contributed by atoms with E-state index >= 15 is 0 Å². The van der Waals surface area contributed by atoms with Crippen LogP contribution in [0.4, 0.5) is 0 Å². The van der Waals surface area contributed by atoms with Crippen LogP contribution in [0.3, 0.4) is 0 Å². The van der Waals surface area contributed by atoms with Crippen LogP contribution in [0, 0.1) is 13.8 Å². The van der Waals surface area contributed by atoms with E-state index in [0.717, 1.165) is 16.8 Å². The van der Waals surface area contributed by atoms with Crippen molar-refractivity contribution in [3.8, 4) is 17.2 Å². The molecule has 0 spiro atoms. The number of methoxy groups -OCH3 is 2. The van der Waals surface area contributed by atoms with Gasteiger partial charge in [-0.05, 0) is 54.8 Å². The largest absolute Gasteiger partial charge is 0.493 e. The molecule has 0 aliphatic heterocycles. The van der Waals surface area contributed by atoms with Gasteiger partial charge in [0.1, 0.15) is 0 Å². The average Bonchev–Trinajstić information content (AvgIpc) is 3.18. The molecular weight excluding hydrogens is 344 g/mol. The average molecular weight is 366 g/mol. The minimum Gasteiger partial charge on any atom is -0.493 e. The molecule has 140 valence electrons. The van der Waals surface area contributed by atoms with Crippen LogP contribution in [0.25, 0.3) is 5.69 Å². The third-order valence-corrected chi connectivity index (χ3v) is 4.38. The summed E-state index contributed by atoms with van der Waals surface area (Å²) in [6.45, 7) is 4.43. The predicted octanol–water partition coefficient (Wildman–Crippen LogP) is 2.83. The molecule has 0 bridgehead atoms. The van der Waals surface area contributed by atoms with E-state index in [1.165, 1.54) is 5.56 Å². The topological polar surface area (TPSA) is 78.3 Å². The number of rotatable bonds is 6. The maximum absolute atomic E-state index is 12.4. The predicted molar refractivity (Wildman–Crippen MR) is 102 cm³/mol. The van der Waals surface area contributed by atoms with Crippen molar-refractivity contribution in [3.63, 3.8) is 0 Å². The normalized spacial score (nSPS) is 10.5. The van der Waals surface area contributed by atoms with E-state index in [2.05, 4.69) is 15.6 Å². The van der Waals surface area contributed by atoms with Crippen LogP contribution in [0.2, 0.25) is 0 Å². The molecule has 1 aromatic heterocycles. The molecule has 1 heterocycles. The smallest absolute Gasteiger partial charge is 0.273 e. The fourth-order valence-electron chi connectivity index (χ4n) is 2.63. The lowest BCUT2D eigenvalue weighted by Crippen LogP contribution is -2.23. The highest BCUT2D eigenvalue weighted by molar-refractivity contribution is 5.91. The van der Waals surface area contributed by atoms with Crippen LogP contribution in [0.15, 0.2) is 42.6 Å². The first-order valence-electron chi connectivity index (χ1n) is 8.51. The lowest BCUT2D eigenvalue weighted by molar-refractivity contribution is 0.0946. The quantitative estimate of drug-likeness (QED) is 0.726. The number of nitrogens with one attached hydrogen (secondary N) is 1. The number of carbonyl (C=O) groups excluding carboxylic acids is 1. The van der Waals surface area contributed by atoms with Gasteiger partial charge in [0.25, 0.3) is 5.91 Å². The van der Waals surface area contributed by atoms with Gasteiger partial charge in [-0.25, -0.2) is 4.68 Å². The Morgan fingerprint density at radius 1 is 1.04 bits per heavy atom. The van der Waals surface area contributed by atoms with Gasteiger partial charge in [-0.3, -0.25) is 4.79 Å². The summed E-state index contributed by atoms with van der Waals surface area (Å²) < 4.78 is 12.1. The van der Waals surface area contributed by atoms with Crippen LogP contribution >= 0.6 is 0 Å². The Labute approximate surface area is 157 Å². The Bertz CT molecular complexity index is 966. The number of carbonyl (C=O) groups is 1. The van der Waals surface area contributed by atoms with Gasteiger partial charge in [0.05, 0.1) is 26.1 Å². The molecule has 0 atom stereocenters. The minimum atomic E-state index is -0.292. The second-order valence-corrected chi connectivity index (χ2v) is 6.19. The Kier molecular flexibility index (Phi) is 5.40. The zero-order valence-corrected chi connectivity index (χ0v) is 15.8. The van der Waals surface area contributed by atoms with E-state index in [4.69, 9.17) is 9.47 Å². The number of nitrogens with zero attached hydrogens (tertiary/aromatic N) is 3. The van der Waals surface area contributed by atoms with Crippen molar-refractivity contribution in [1.29, 1.82) is 0 Å². The van der Waals surface area contributed by atoms with Gasteiger partial charge in [-0.15, -0.1) is 5.10 Å². The number of aromatic nitrogens is 3. The number of aryl methyl sites for hydroxylation is 2. The van der Waals surface area contributed by atoms with Crippen LogP contribution in [-0.2, 0) is 6.54 Å². The van der Waals surface area contributed by atoms with E-state index in [1.54, 1.807) is 31.2 Å². The molecule has 1 N–H and O–H groups in total. The molecule has 0 fully saturated rings. The first kappa shape index (κ1) is 18.4. The fraction of sp³-hybridized carbons (Fsp3) is 0.250.